The lowest BCUT2D eigenvalue weighted by molar-refractivity contribution is -0.144. The summed E-state index contributed by atoms with van der Waals surface area (Å²) in [5, 5.41) is 21.7. The van der Waals surface area contributed by atoms with Crippen molar-refractivity contribution in [3.05, 3.63) is 108 Å². The largest absolute Gasteiger partial charge is 0.461 e. The standard InChI is InChI=1S/C38H43FO6/c1-6-7-8-9-27-10-12-28(13-11-27)31-18-19-33(34(39)22-31)30-16-14-29(15-17-30)32-23-44-35(40)25(2)37(4,42)20-21-38(5,43)26(3)36(41)45-24-32/h10-19,22,32,42-43H,2-3,6-9,20-21,23-24H2,1,4-5H3. The topological polar surface area (TPSA) is 93.1 Å². The minimum Gasteiger partial charge on any atom is -0.461 e. The van der Waals surface area contributed by atoms with Crippen LogP contribution in [0.15, 0.2) is 91.0 Å². The van der Waals surface area contributed by atoms with Crippen LogP contribution in [0.2, 0.25) is 0 Å². The van der Waals surface area contributed by atoms with Gasteiger partial charge in [0.2, 0.25) is 0 Å². The van der Waals surface area contributed by atoms with Crippen LogP contribution in [-0.4, -0.2) is 46.6 Å². The van der Waals surface area contributed by atoms with Gasteiger partial charge in [0.05, 0.1) is 28.3 Å². The average Bonchev–Trinajstić information content (AvgIpc) is 3.03. The van der Waals surface area contributed by atoms with E-state index in [0.29, 0.717) is 16.7 Å². The Hall–Kier alpha value is -4.07. The number of hydrogen-bond acceptors (Lipinski definition) is 6. The first-order chi connectivity index (χ1) is 21.3. The zero-order valence-corrected chi connectivity index (χ0v) is 26.4. The molecule has 2 unspecified atom stereocenters. The van der Waals surface area contributed by atoms with Crippen LogP contribution in [-0.2, 0) is 25.5 Å². The number of aliphatic hydroxyl groups is 2. The van der Waals surface area contributed by atoms with E-state index in [4.69, 9.17) is 9.47 Å². The van der Waals surface area contributed by atoms with Crippen molar-refractivity contribution in [2.45, 2.75) is 76.4 Å². The van der Waals surface area contributed by atoms with E-state index in [1.165, 1.54) is 38.3 Å². The summed E-state index contributed by atoms with van der Waals surface area (Å²) in [7, 11) is 0. The number of hydrogen-bond donors (Lipinski definition) is 2. The Kier molecular flexibility index (Phi) is 10.8. The van der Waals surface area contributed by atoms with E-state index >= 15 is 4.39 Å². The van der Waals surface area contributed by atoms with E-state index in [2.05, 4.69) is 32.2 Å². The second kappa shape index (κ2) is 14.4. The van der Waals surface area contributed by atoms with Gasteiger partial charge in [-0.15, -0.1) is 0 Å². The maximum absolute atomic E-state index is 15.4. The summed E-state index contributed by atoms with van der Waals surface area (Å²) in [6, 6.07) is 20.5. The molecule has 2 N–H and O–H groups in total. The van der Waals surface area contributed by atoms with E-state index < -0.39 is 29.1 Å². The SMILES string of the molecule is C=C1C(=O)OCC(c2ccc(-c3ccc(-c4ccc(CCCCC)cc4)cc3F)cc2)COC(=O)C(=C)C(C)(O)CCC1(C)O. The average molecular weight is 615 g/mol. The fourth-order valence-corrected chi connectivity index (χ4v) is 5.30. The number of carbonyl (C=O) groups excluding carboxylic acids is 2. The van der Waals surface area contributed by atoms with E-state index in [1.54, 1.807) is 30.3 Å². The van der Waals surface area contributed by atoms with Crippen molar-refractivity contribution in [3.63, 3.8) is 0 Å². The van der Waals surface area contributed by atoms with Gasteiger partial charge in [0.15, 0.2) is 0 Å². The molecule has 1 fully saturated rings. The number of rotatable bonds is 7. The predicted molar refractivity (Wildman–Crippen MR) is 174 cm³/mol. The zero-order valence-electron chi connectivity index (χ0n) is 26.4. The summed E-state index contributed by atoms with van der Waals surface area (Å²) in [6.07, 6.45) is 4.46. The minimum atomic E-state index is -1.67. The fourth-order valence-electron chi connectivity index (χ4n) is 5.30. The summed E-state index contributed by atoms with van der Waals surface area (Å²) in [4.78, 5) is 25.5. The number of esters is 2. The molecule has 4 rings (SSSR count). The van der Waals surface area contributed by atoms with Crippen LogP contribution in [0.5, 0.6) is 0 Å². The molecule has 2 atom stereocenters. The van der Waals surface area contributed by atoms with Gasteiger partial charge in [0, 0.05) is 5.56 Å². The molecule has 1 heterocycles. The molecule has 3 aromatic carbocycles. The van der Waals surface area contributed by atoms with E-state index in [0.717, 1.165) is 24.0 Å². The highest BCUT2D eigenvalue weighted by Crippen LogP contribution is 2.33. The summed E-state index contributed by atoms with van der Waals surface area (Å²) >= 11 is 0. The van der Waals surface area contributed by atoms with Crippen molar-refractivity contribution in [2.24, 2.45) is 0 Å². The van der Waals surface area contributed by atoms with E-state index in [-0.39, 0.29) is 43.0 Å². The molecule has 6 nitrogen and oxygen atoms in total. The van der Waals surface area contributed by atoms with Gasteiger partial charge in [-0.1, -0.05) is 93.6 Å². The third-order valence-electron chi connectivity index (χ3n) is 8.74. The predicted octanol–water partition coefficient (Wildman–Crippen LogP) is 7.47. The van der Waals surface area contributed by atoms with Gasteiger partial charge in [0.25, 0.3) is 0 Å². The molecule has 0 saturated carbocycles. The molecular formula is C38H43FO6. The lowest BCUT2D eigenvalue weighted by atomic mass is 9.84. The van der Waals surface area contributed by atoms with Crippen LogP contribution in [0, 0.1) is 5.82 Å². The first-order valence-electron chi connectivity index (χ1n) is 15.5. The molecule has 0 spiro atoms. The number of unbranched alkanes of at least 4 members (excludes halogenated alkanes) is 2. The summed E-state index contributed by atoms with van der Waals surface area (Å²) in [5.74, 6) is -2.52. The molecule has 0 aliphatic carbocycles. The highest BCUT2D eigenvalue weighted by Gasteiger charge is 2.37. The first-order valence-corrected chi connectivity index (χ1v) is 15.5. The van der Waals surface area contributed by atoms with Crippen molar-refractivity contribution in [3.8, 4) is 22.3 Å². The van der Waals surface area contributed by atoms with Gasteiger partial charge in [-0.05, 0) is 73.4 Å². The van der Waals surface area contributed by atoms with Gasteiger partial charge in [-0.25, -0.2) is 14.0 Å². The third-order valence-corrected chi connectivity index (χ3v) is 8.74. The molecule has 238 valence electrons. The van der Waals surface area contributed by atoms with Crippen LogP contribution in [0.3, 0.4) is 0 Å². The van der Waals surface area contributed by atoms with Crippen LogP contribution in [0.1, 0.15) is 69.9 Å². The number of cyclic esters (lactones) is 2. The van der Waals surface area contributed by atoms with E-state index in [1.807, 2.05) is 18.2 Å². The Bertz CT molecular complexity index is 1490. The lowest BCUT2D eigenvalue weighted by Gasteiger charge is -2.30. The number of benzene rings is 3. The quantitative estimate of drug-likeness (QED) is 0.163. The van der Waals surface area contributed by atoms with Crippen molar-refractivity contribution < 1.29 is 33.7 Å². The lowest BCUT2D eigenvalue weighted by Crippen LogP contribution is -2.37. The zero-order chi connectivity index (χ0) is 32.8. The van der Waals surface area contributed by atoms with Gasteiger partial charge in [-0.2, -0.15) is 0 Å². The third kappa shape index (κ3) is 8.35. The van der Waals surface area contributed by atoms with Crippen molar-refractivity contribution >= 4 is 11.9 Å². The first kappa shape index (κ1) is 33.8. The Balaban J connectivity index is 1.52. The number of aryl methyl sites for hydroxylation is 1. The smallest absolute Gasteiger partial charge is 0.336 e. The number of ether oxygens (including phenoxy) is 2. The van der Waals surface area contributed by atoms with Crippen molar-refractivity contribution in [1.29, 1.82) is 0 Å². The van der Waals surface area contributed by atoms with Gasteiger partial charge >= 0.3 is 11.9 Å². The highest BCUT2D eigenvalue weighted by molar-refractivity contribution is 5.91. The van der Waals surface area contributed by atoms with Gasteiger partial charge in [-0.3, -0.25) is 0 Å². The Morgan fingerprint density at radius 1 is 0.778 bits per heavy atom. The van der Waals surface area contributed by atoms with Crippen molar-refractivity contribution in [1.82, 2.24) is 0 Å². The molecule has 0 radical (unpaired) electrons. The molecule has 0 bridgehead atoms. The van der Waals surface area contributed by atoms with Crippen molar-refractivity contribution in [2.75, 3.05) is 13.2 Å². The summed E-state index contributed by atoms with van der Waals surface area (Å²) in [6.45, 7) is 12.1. The maximum atomic E-state index is 15.4. The van der Waals surface area contributed by atoms with E-state index in [9.17, 15) is 19.8 Å². The van der Waals surface area contributed by atoms with Crippen LogP contribution >= 0.6 is 0 Å². The fraction of sp³-hybridized carbons (Fsp3) is 0.368. The molecular weight excluding hydrogens is 571 g/mol. The maximum Gasteiger partial charge on any atom is 0.336 e. The Morgan fingerprint density at radius 2 is 1.29 bits per heavy atom. The second-order valence-electron chi connectivity index (χ2n) is 12.4. The molecule has 7 heteroatoms. The van der Waals surface area contributed by atoms with Gasteiger partial charge in [0.1, 0.15) is 19.0 Å². The molecule has 1 saturated heterocycles. The Labute approximate surface area is 265 Å². The minimum absolute atomic E-state index is 0.0614. The molecule has 1 aliphatic rings. The van der Waals surface area contributed by atoms with Crippen LogP contribution in [0.4, 0.5) is 4.39 Å². The molecule has 0 amide bonds. The number of carbonyl (C=O) groups is 2. The normalized spacial score (nSPS) is 23.4. The Morgan fingerprint density at radius 3 is 1.80 bits per heavy atom. The van der Waals surface area contributed by atoms with Crippen LogP contribution in [0.25, 0.3) is 22.3 Å². The highest BCUT2D eigenvalue weighted by atomic mass is 19.1. The summed E-state index contributed by atoms with van der Waals surface area (Å²) < 4.78 is 26.3. The van der Waals surface area contributed by atoms with Crippen LogP contribution < -0.4 is 0 Å². The monoisotopic (exact) mass is 614 g/mol. The number of halogens is 1. The molecule has 0 aromatic heterocycles. The molecule has 3 aromatic rings. The molecule has 45 heavy (non-hydrogen) atoms. The summed E-state index contributed by atoms with van der Waals surface area (Å²) in [5.41, 5.74) is 1.12. The van der Waals surface area contributed by atoms with Gasteiger partial charge < -0.3 is 19.7 Å². The molecule has 1 aliphatic heterocycles. The second-order valence-corrected chi connectivity index (χ2v) is 12.4.